The first-order valence-corrected chi connectivity index (χ1v) is 8.54. The highest BCUT2D eigenvalue weighted by Crippen LogP contribution is 2.38. The van der Waals surface area contributed by atoms with E-state index in [0.29, 0.717) is 30.1 Å². The van der Waals surface area contributed by atoms with Crippen LogP contribution < -0.4 is 4.74 Å². The van der Waals surface area contributed by atoms with Crippen molar-refractivity contribution in [3.8, 4) is 5.75 Å². The Labute approximate surface area is 137 Å². The van der Waals surface area contributed by atoms with Crippen molar-refractivity contribution < 1.29 is 14.3 Å². The van der Waals surface area contributed by atoms with Crippen LogP contribution in [0.5, 0.6) is 5.75 Å². The van der Waals surface area contributed by atoms with Crippen LogP contribution in [0.25, 0.3) is 0 Å². The zero-order valence-corrected chi connectivity index (χ0v) is 14.0. The lowest BCUT2D eigenvalue weighted by Crippen LogP contribution is -2.46. The quantitative estimate of drug-likeness (QED) is 0.857. The van der Waals surface area contributed by atoms with Crippen molar-refractivity contribution in [2.75, 3.05) is 20.1 Å². The molecule has 2 aliphatic rings. The van der Waals surface area contributed by atoms with Gasteiger partial charge in [0.05, 0.1) is 11.5 Å². The molecule has 2 aliphatic heterocycles. The fraction of sp³-hybridized carbons (Fsp3) is 0.579. The monoisotopic (exact) mass is 315 g/mol. The molecule has 1 fully saturated rings. The molecule has 0 radical (unpaired) electrons. The van der Waals surface area contributed by atoms with E-state index >= 15 is 0 Å². The minimum absolute atomic E-state index is 0.0922. The summed E-state index contributed by atoms with van der Waals surface area (Å²) in [6.07, 6.45) is 3.05. The Balaban J connectivity index is 1.85. The molecule has 4 nitrogen and oxygen atoms in total. The number of benzene rings is 1. The second-order valence-corrected chi connectivity index (χ2v) is 6.93. The number of carbonyl (C=O) groups is 2. The third-order valence-electron chi connectivity index (χ3n) is 5.18. The SMILES string of the molecule is CC(=O)CCC1C(=O)c2ccccc2OC1C1CCN(C)CC1. The molecule has 0 bridgehead atoms. The van der Waals surface area contributed by atoms with Gasteiger partial charge in [-0.05, 0) is 64.4 Å². The Morgan fingerprint density at radius 3 is 2.65 bits per heavy atom. The van der Waals surface area contributed by atoms with Crippen LogP contribution in [0.2, 0.25) is 0 Å². The first kappa shape index (κ1) is 16.2. The molecule has 0 aliphatic carbocycles. The number of ketones is 2. The number of hydrogen-bond acceptors (Lipinski definition) is 4. The first-order chi connectivity index (χ1) is 11.1. The van der Waals surface area contributed by atoms with E-state index in [9.17, 15) is 9.59 Å². The third-order valence-corrected chi connectivity index (χ3v) is 5.18. The number of fused-ring (bicyclic) bond motifs is 1. The van der Waals surface area contributed by atoms with E-state index in [-0.39, 0.29) is 23.6 Å². The van der Waals surface area contributed by atoms with Crippen LogP contribution in [0.1, 0.15) is 43.0 Å². The predicted molar refractivity (Wildman–Crippen MR) is 88.8 cm³/mol. The summed E-state index contributed by atoms with van der Waals surface area (Å²) in [5.74, 6) is 1.19. The molecule has 1 aromatic rings. The maximum absolute atomic E-state index is 12.9. The highest BCUT2D eigenvalue weighted by atomic mass is 16.5. The first-order valence-electron chi connectivity index (χ1n) is 8.54. The summed E-state index contributed by atoms with van der Waals surface area (Å²) in [4.78, 5) is 26.7. The van der Waals surface area contributed by atoms with Crippen LogP contribution in [-0.2, 0) is 4.79 Å². The van der Waals surface area contributed by atoms with Gasteiger partial charge in [-0.2, -0.15) is 0 Å². The normalized spacial score (nSPS) is 25.7. The fourth-order valence-electron chi connectivity index (χ4n) is 3.79. The smallest absolute Gasteiger partial charge is 0.173 e. The Morgan fingerprint density at radius 2 is 1.96 bits per heavy atom. The summed E-state index contributed by atoms with van der Waals surface area (Å²) in [5.41, 5.74) is 0.672. The van der Waals surface area contributed by atoms with Crippen LogP contribution in [0.15, 0.2) is 24.3 Å². The summed E-state index contributed by atoms with van der Waals surface area (Å²) in [5, 5.41) is 0. The summed E-state index contributed by atoms with van der Waals surface area (Å²) in [7, 11) is 2.13. The minimum Gasteiger partial charge on any atom is -0.489 e. The number of carbonyl (C=O) groups excluding carboxylic acids is 2. The van der Waals surface area contributed by atoms with Gasteiger partial charge in [-0.1, -0.05) is 12.1 Å². The number of nitrogens with zero attached hydrogens (tertiary/aromatic N) is 1. The summed E-state index contributed by atoms with van der Waals surface area (Å²) >= 11 is 0. The minimum atomic E-state index is -0.192. The maximum Gasteiger partial charge on any atom is 0.173 e. The molecule has 23 heavy (non-hydrogen) atoms. The van der Waals surface area contributed by atoms with Crippen LogP contribution in [0.3, 0.4) is 0 Å². The molecule has 0 spiro atoms. The number of para-hydroxylation sites is 1. The molecule has 3 rings (SSSR count). The molecule has 2 atom stereocenters. The summed E-state index contributed by atoms with van der Waals surface area (Å²) < 4.78 is 6.27. The van der Waals surface area contributed by atoms with E-state index in [0.717, 1.165) is 25.9 Å². The lowest BCUT2D eigenvalue weighted by atomic mass is 9.77. The molecule has 0 N–H and O–H groups in total. The summed E-state index contributed by atoms with van der Waals surface area (Å²) in [6, 6.07) is 7.51. The van der Waals surface area contributed by atoms with Crippen LogP contribution in [-0.4, -0.2) is 42.7 Å². The van der Waals surface area contributed by atoms with Gasteiger partial charge < -0.3 is 14.4 Å². The molecule has 0 amide bonds. The lowest BCUT2D eigenvalue weighted by molar-refractivity contribution is -0.117. The topological polar surface area (TPSA) is 46.6 Å². The molecule has 1 saturated heterocycles. The molecule has 4 heteroatoms. The Hall–Kier alpha value is -1.68. The van der Waals surface area contributed by atoms with Crippen molar-refractivity contribution in [2.45, 2.75) is 38.7 Å². The standard InChI is InChI=1S/C19H25NO3/c1-13(21)7-8-16-18(22)15-5-3-4-6-17(15)23-19(16)14-9-11-20(2)12-10-14/h3-6,14,16,19H,7-12H2,1-2H3. The zero-order valence-electron chi connectivity index (χ0n) is 14.0. The second-order valence-electron chi connectivity index (χ2n) is 6.93. The number of piperidine rings is 1. The van der Waals surface area contributed by atoms with Gasteiger partial charge >= 0.3 is 0 Å². The van der Waals surface area contributed by atoms with Crippen molar-refractivity contribution in [3.63, 3.8) is 0 Å². The number of likely N-dealkylation sites (tertiary alicyclic amines) is 1. The van der Waals surface area contributed by atoms with Crippen LogP contribution >= 0.6 is 0 Å². The van der Waals surface area contributed by atoms with Gasteiger partial charge in [-0.25, -0.2) is 0 Å². The Bertz CT molecular complexity index is 590. The second kappa shape index (κ2) is 6.83. The van der Waals surface area contributed by atoms with Crippen LogP contribution in [0.4, 0.5) is 0 Å². The molecule has 2 heterocycles. The maximum atomic E-state index is 12.9. The van der Waals surface area contributed by atoms with Crippen molar-refractivity contribution in [1.29, 1.82) is 0 Å². The third kappa shape index (κ3) is 3.47. The highest BCUT2D eigenvalue weighted by Gasteiger charge is 2.41. The molecular weight excluding hydrogens is 290 g/mol. The average Bonchev–Trinajstić information content (AvgIpc) is 2.54. The van der Waals surface area contributed by atoms with Crippen molar-refractivity contribution in [1.82, 2.24) is 4.90 Å². The van der Waals surface area contributed by atoms with Gasteiger partial charge in [0.1, 0.15) is 17.6 Å². The number of rotatable bonds is 4. The number of ether oxygens (including phenoxy) is 1. The molecule has 124 valence electrons. The van der Waals surface area contributed by atoms with E-state index in [4.69, 9.17) is 4.74 Å². The Morgan fingerprint density at radius 1 is 1.26 bits per heavy atom. The predicted octanol–water partition coefficient (Wildman–Crippen LogP) is 2.96. The summed E-state index contributed by atoms with van der Waals surface area (Å²) in [6.45, 7) is 3.67. The fourth-order valence-corrected chi connectivity index (χ4v) is 3.79. The van der Waals surface area contributed by atoms with E-state index in [1.54, 1.807) is 6.92 Å². The van der Waals surface area contributed by atoms with Gasteiger partial charge in [-0.3, -0.25) is 4.79 Å². The average molecular weight is 315 g/mol. The molecule has 0 aromatic heterocycles. The van der Waals surface area contributed by atoms with E-state index in [2.05, 4.69) is 11.9 Å². The van der Waals surface area contributed by atoms with Gasteiger partial charge in [0.15, 0.2) is 5.78 Å². The van der Waals surface area contributed by atoms with Crippen molar-refractivity contribution in [3.05, 3.63) is 29.8 Å². The van der Waals surface area contributed by atoms with E-state index in [1.807, 2.05) is 24.3 Å². The van der Waals surface area contributed by atoms with Gasteiger partial charge in [0.2, 0.25) is 0 Å². The van der Waals surface area contributed by atoms with Gasteiger partial charge in [0.25, 0.3) is 0 Å². The van der Waals surface area contributed by atoms with Crippen LogP contribution in [0, 0.1) is 11.8 Å². The lowest BCUT2D eigenvalue weighted by Gasteiger charge is -2.40. The molecule has 0 saturated carbocycles. The van der Waals surface area contributed by atoms with Crippen molar-refractivity contribution >= 4 is 11.6 Å². The zero-order chi connectivity index (χ0) is 16.4. The number of Topliss-reactive ketones (excluding diaryl/α,β-unsaturated/α-hetero) is 2. The largest absolute Gasteiger partial charge is 0.489 e. The highest BCUT2D eigenvalue weighted by molar-refractivity contribution is 6.01. The van der Waals surface area contributed by atoms with Crippen molar-refractivity contribution in [2.24, 2.45) is 11.8 Å². The molecular formula is C19H25NO3. The number of hydrogen-bond donors (Lipinski definition) is 0. The van der Waals surface area contributed by atoms with Gasteiger partial charge in [0, 0.05) is 6.42 Å². The van der Waals surface area contributed by atoms with E-state index in [1.165, 1.54) is 0 Å². The molecule has 2 unspecified atom stereocenters. The van der Waals surface area contributed by atoms with Gasteiger partial charge in [-0.15, -0.1) is 0 Å². The van der Waals surface area contributed by atoms with E-state index < -0.39 is 0 Å². The Kier molecular flexibility index (Phi) is 4.81. The molecule has 1 aromatic carbocycles.